The molecule has 1 N–H and O–H groups in total. The van der Waals surface area contributed by atoms with E-state index in [9.17, 15) is 9.59 Å². The average molecular weight is 212 g/mol. The molecule has 4 nitrogen and oxygen atoms in total. The highest BCUT2D eigenvalue weighted by atomic mass is 16.5. The van der Waals surface area contributed by atoms with Gasteiger partial charge in [-0.25, -0.2) is 0 Å². The van der Waals surface area contributed by atoms with E-state index in [-0.39, 0.29) is 17.8 Å². The van der Waals surface area contributed by atoms with Crippen LogP contribution in [-0.2, 0) is 14.3 Å². The summed E-state index contributed by atoms with van der Waals surface area (Å²) in [5, 5.41) is 9.16. The Labute approximate surface area is 88.6 Å². The first-order valence-corrected chi connectivity index (χ1v) is 5.37. The van der Waals surface area contributed by atoms with Crippen molar-refractivity contribution in [2.24, 2.45) is 29.6 Å². The van der Waals surface area contributed by atoms with E-state index in [1.54, 1.807) is 0 Å². The molecule has 0 saturated heterocycles. The number of carbonyl (C=O) groups excluding carboxylic acids is 1. The van der Waals surface area contributed by atoms with E-state index in [0.29, 0.717) is 5.92 Å². The molecular weight excluding hydrogens is 196 g/mol. The molecule has 84 valence electrons. The van der Waals surface area contributed by atoms with Gasteiger partial charge in [-0.3, -0.25) is 9.59 Å². The second kappa shape index (κ2) is 3.51. The molecule has 2 saturated carbocycles. The van der Waals surface area contributed by atoms with Crippen molar-refractivity contribution >= 4 is 11.9 Å². The van der Waals surface area contributed by atoms with Crippen molar-refractivity contribution < 1.29 is 19.4 Å². The van der Waals surface area contributed by atoms with Crippen LogP contribution in [0.1, 0.15) is 19.8 Å². The normalized spacial score (nSPS) is 42.9. The molecule has 15 heavy (non-hydrogen) atoms. The van der Waals surface area contributed by atoms with Gasteiger partial charge < -0.3 is 9.84 Å². The summed E-state index contributed by atoms with van der Waals surface area (Å²) in [5.41, 5.74) is 0. The van der Waals surface area contributed by atoms with Gasteiger partial charge in [-0.15, -0.1) is 0 Å². The van der Waals surface area contributed by atoms with Crippen LogP contribution in [0.5, 0.6) is 0 Å². The molecule has 4 heteroatoms. The molecular formula is C11H16O4. The third-order valence-corrected chi connectivity index (χ3v) is 4.09. The lowest BCUT2D eigenvalue weighted by Gasteiger charge is -2.29. The molecule has 2 aliphatic rings. The van der Waals surface area contributed by atoms with E-state index in [2.05, 4.69) is 6.92 Å². The molecule has 0 aromatic heterocycles. The van der Waals surface area contributed by atoms with Gasteiger partial charge in [0.25, 0.3) is 0 Å². The fraction of sp³-hybridized carbons (Fsp3) is 0.818. The van der Waals surface area contributed by atoms with E-state index >= 15 is 0 Å². The first kappa shape index (κ1) is 10.5. The molecule has 0 heterocycles. The van der Waals surface area contributed by atoms with Crippen LogP contribution in [0, 0.1) is 29.6 Å². The number of ether oxygens (including phenoxy) is 1. The largest absolute Gasteiger partial charge is 0.481 e. The molecule has 0 spiro atoms. The number of rotatable bonds is 2. The lowest BCUT2D eigenvalue weighted by Crippen LogP contribution is -2.37. The topological polar surface area (TPSA) is 63.6 Å². The summed E-state index contributed by atoms with van der Waals surface area (Å²) in [4.78, 5) is 22.7. The number of esters is 1. The predicted molar refractivity (Wildman–Crippen MR) is 52.0 cm³/mol. The fourth-order valence-electron chi connectivity index (χ4n) is 3.50. The van der Waals surface area contributed by atoms with Gasteiger partial charge in [0.15, 0.2) is 0 Å². The first-order chi connectivity index (χ1) is 7.06. The quantitative estimate of drug-likeness (QED) is 0.697. The number of aliphatic carboxylic acids is 1. The van der Waals surface area contributed by atoms with Gasteiger partial charge in [0, 0.05) is 0 Å². The molecule has 0 aromatic carbocycles. The minimum atomic E-state index is -0.843. The van der Waals surface area contributed by atoms with Crippen molar-refractivity contribution in [1.29, 1.82) is 0 Å². The Morgan fingerprint density at radius 2 is 1.93 bits per heavy atom. The van der Waals surface area contributed by atoms with Gasteiger partial charge in [-0.1, -0.05) is 6.92 Å². The van der Waals surface area contributed by atoms with Crippen LogP contribution in [0.3, 0.4) is 0 Å². The van der Waals surface area contributed by atoms with Crippen LogP contribution >= 0.6 is 0 Å². The van der Waals surface area contributed by atoms with E-state index in [1.165, 1.54) is 7.11 Å². The molecule has 5 atom stereocenters. The van der Waals surface area contributed by atoms with Crippen LogP contribution in [0.4, 0.5) is 0 Å². The molecule has 0 aliphatic heterocycles. The van der Waals surface area contributed by atoms with Crippen LogP contribution in [-0.4, -0.2) is 24.2 Å². The Morgan fingerprint density at radius 1 is 1.27 bits per heavy atom. The second-order valence-electron chi connectivity index (χ2n) is 4.79. The zero-order valence-corrected chi connectivity index (χ0v) is 8.97. The Balaban J connectivity index is 2.24. The van der Waals surface area contributed by atoms with Gasteiger partial charge in [-0.05, 0) is 30.6 Å². The molecule has 2 bridgehead atoms. The van der Waals surface area contributed by atoms with Gasteiger partial charge in [0.05, 0.1) is 18.9 Å². The lowest BCUT2D eigenvalue weighted by molar-refractivity contribution is -0.159. The number of carboxylic acids is 1. The van der Waals surface area contributed by atoms with Crippen molar-refractivity contribution in [2.75, 3.05) is 7.11 Å². The molecule has 0 radical (unpaired) electrons. The molecule has 2 aliphatic carbocycles. The average Bonchev–Trinajstić information content (AvgIpc) is 2.71. The fourth-order valence-corrected chi connectivity index (χ4v) is 3.50. The first-order valence-electron chi connectivity index (χ1n) is 5.37. The van der Waals surface area contributed by atoms with Crippen molar-refractivity contribution in [1.82, 2.24) is 0 Å². The summed E-state index contributed by atoms with van der Waals surface area (Å²) in [6.07, 6.45) is 1.84. The van der Waals surface area contributed by atoms with Gasteiger partial charge in [0.1, 0.15) is 0 Å². The van der Waals surface area contributed by atoms with Gasteiger partial charge >= 0.3 is 11.9 Å². The highest BCUT2D eigenvalue weighted by Gasteiger charge is 2.57. The van der Waals surface area contributed by atoms with Crippen molar-refractivity contribution in [3.63, 3.8) is 0 Å². The molecule has 5 unspecified atom stereocenters. The summed E-state index contributed by atoms with van der Waals surface area (Å²) in [6, 6.07) is 0. The summed E-state index contributed by atoms with van der Waals surface area (Å²) < 4.78 is 4.70. The Bertz CT molecular complexity index is 299. The third-order valence-electron chi connectivity index (χ3n) is 4.09. The highest BCUT2D eigenvalue weighted by Crippen LogP contribution is 2.55. The molecule has 0 amide bonds. The summed E-state index contributed by atoms with van der Waals surface area (Å²) >= 11 is 0. The Kier molecular flexibility index (Phi) is 2.44. The smallest absolute Gasteiger partial charge is 0.309 e. The number of hydrogen-bond acceptors (Lipinski definition) is 3. The van der Waals surface area contributed by atoms with Crippen molar-refractivity contribution in [2.45, 2.75) is 19.8 Å². The van der Waals surface area contributed by atoms with Crippen molar-refractivity contribution in [3.8, 4) is 0 Å². The third kappa shape index (κ3) is 1.43. The Hall–Kier alpha value is -1.06. The maximum atomic E-state index is 11.5. The van der Waals surface area contributed by atoms with Gasteiger partial charge in [-0.2, -0.15) is 0 Å². The van der Waals surface area contributed by atoms with Crippen LogP contribution in [0.2, 0.25) is 0 Å². The van der Waals surface area contributed by atoms with E-state index < -0.39 is 17.8 Å². The van der Waals surface area contributed by atoms with Crippen LogP contribution in [0.15, 0.2) is 0 Å². The van der Waals surface area contributed by atoms with E-state index in [4.69, 9.17) is 9.84 Å². The summed E-state index contributed by atoms with van der Waals surface area (Å²) in [6.45, 7) is 2.08. The summed E-state index contributed by atoms with van der Waals surface area (Å²) in [7, 11) is 1.33. The standard InChI is InChI=1S/C11H16O4/c1-5-3-6-4-7(5)9(10(12)13)8(6)11(14)15-2/h5-9H,3-4H2,1-2H3,(H,12,13). The van der Waals surface area contributed by atoms with Gasteiger partial charge in [0.2, 0.25) is 0 Å². The van der Waals surface area contributed by atoms with Crippen LogP contribution < -0.4 is 0 Å². The maximum absolute atomic E-state index is 11.5. The molecule has 2 rings (SSSR count). The lowest BCUT2D eigenvalue weighted by atomic mass is 9.74. The van der Waals surface area contributed by atoms with E-state index in [1.807, 2.05) is 0 Å². The Morgan fingerprint density at radius 3 is 2.47 bits per heavy atom. The van der Waals surface area contributed by atoms with E-state index in [0.717, 1.165) is 12.8 Å². The number of carboxylic acid groups (broad SMARTS) is 1. The number of hydrogen-bond donors (Lipinski definition) is 1. The van der Waals surface area contributed by atoms with Crippen molar-refractivity contribution in [3.05, 3.63) is 0 Å². The SMILES string of the molecule is COC(=O)C1C2CC(C)C(C2)C1C(=O)O. The minimum Gasteiger partial charge on any atom is -0.481 e. The predicted octanol–water partition coefficient (Wildman–Crippen LogP) is 1.15. The minimum absolute atomic E-state index is 0.164. The summed E-state index contributed by atoms with van der Waals surface area (Å²) in [5.74, 6) is -1.31. The highest BCUT2D eigenvalue weighted by molar-refractivity contribution is 5.82. The molecule has 0 aromatic rings. The van der Waals surface area contributed by atoms with Crippen LogP contribution in [0.25, 0.3) is 0 Å². The zero-order valence-electron chi connectivity index (χ0n) is 8.97. The number of methoxy groups -OCH3 is 1. The second-order valence-corrected chi connectivity index (χ2v) is 4.79. The number of carbonyl (C=O) groups is 2. The maximum Gasteiger partial charge on any atom is 0.309 e. The zero-order chi connectivity index (χ0) is 11.2. The molecule has 2 fully saturated rings. The monoisotopic (exact) mass is 212 g/mol. The number of fused-ring (bicyclic) bond motifs is 2.